The highest BCUT2D eigenvalue weighted by Gasteiger charge is 2.28. The average molecular weight is 273 g/mol. The highest BCUT2D eigenvalue weighted by molar-refractivity contribution is 6.30. The molecule has 0 fully saturated rings. The Bertz CT molecular complexity index is 443. The number of nitrogens with zero attached hydrogens (tertiary/aromatic N) is 1. The summed E-state index contributed by atoms with van der Waals surface area (Å²) in [6, 6.07) is 1.50. The Morgan fingerprint density at radius 1 is 1.61 bits per heavy atom. The molecule has 1 heterocycles. The summed E-state index contributed by atoms with van der Waals surface area (Å²) in [6.45, 7) is 5.80. The third-order valence-electron chi connectivity index (χ3n) is 2.52. The molecule has 0 aliphatic heterocycles. The van der Waals surface area contributed by atoms with Gasteiger partial charge in [-0.15, -0.1) is 0 Å². The molecule has 0 aliphatic rings. The van der Waals surface area contributed by atoms with Crippen molar-refractivity contribution in [2.45, 2.75) is 33.3 Å². The maximum Gasteiger partial charge on any atom is 0.404 e. The van der Waals surface area contributed by atoms with Crippen molar-refractivity contribution in [2.24, 2.45) is 11.1 Å². The SMILES string of the molecule is CC(C)(C)[C@@H](Cc1cnc(Cl)c(O)c1)OC(N)=O. The van der Waals surface area contributed by atoms with Crippen LogP contribution < -0.4 is 5.73 Å². The molecule has 0 saturated carbocycles. The lowest BCUT2D eigenvalue weighted by Crippen LogP contribution is -2.35. The van der Waals surface area contributed by atoms with Gasteiger partial charge in [0.1, 0.15) is 6.10 Å². The molecule has 1 atom stereocenters. The standard InChI is InChI=1S/C12H17ClN2O3/c1-12(2,3)9(18-11(14)17)5-7-4-8(16)10(13)15-6-7/h4,6,9,16H,5H2,1-3H3,(H2,14,17)/t9-/m1/s1. The Kier molecular flexibility index (Phi) is 4.40. The van der Waals surface area contributed by atoms with Crippen LogP contribution in [0.5, 0.6) is 5.75 Å². The fraction of sp³-hybridized carbons (Fsp3) is 0.500. The molecule has 100 valence electrons. The average Bonchev–Trinajstić information content (AvgIpc) is 2.20. The Morgan fingerprint density at radius 2 is 2.22 bits per heavy atom. The van der Waals surface area contributed by atoms with Crippen molar-refractivity contribution in [1.29, 1.82) is 0 Å². The summed E-state index contributed by atoms with van der Waals surface area (Å²) >= 11 is 5.62. The number of nitrogens with two attached hydrogens (primary N) is 1. The smallest absolute Gasteiger partial charge is 0.404 e. The fourth-order valence-corrected chi connectivity index (χ4v) is 1.57. The van der Waals surface area contributed by atoms with E-state index in [1.807, 2.05) is 20.8 Å². The zero-order valence-corrected chi connectivity index (χ0v) is 11.4. The second-order valence-corrected chi connectivity index (χ2v) is 5.51. The largest absolute Gasteiger partial charge is 0.505 e. The monoisotopic (exact) mass is 272 g/mol. The summed E-state index contributed by atoms with van der Waals surface area (Å²) in [5.41, 5.74) is 5.50. The number of hydrogen-bond donors (Lipinski definition) is 2. The van der Waals surface area contributed by atoms with E-state index in [-0.39, 0.29) is 16.3 Å². The molecular formula is C12H17ClN2O3. The lowest BCUT2D eigenvalue weighted by Gasteiger charge is -2.29. The van der Waals surface area contributed by atoms with Gasteiger partial charge >= 0.3 is 6.09 Å². The Balaban J connectivity index is 2.89. The molecule has 0 aromatic carbocycles. The van der Waals surface area contributed by atoms with Gasteiger partial charge in [-0.2, -0.15) is 0 Å². The molecule has 3 N–H and O–H groups in total. The predicted octanol–water partition coefficient (Wildman–Crippen LogP) is 2.49. The third-order valence-corrected chi connectivity index (χ3v) is 2.81. The first-order chi connectivity index (χ1) is 8.20. The lowest BCUT2D eigenvalue weighted by atomic mass is 9.85. The van der Waals surface area contributed by atoms with E-state index in [9.17, 15) is 9.90 Å². The number of rotatable bonds is 3. The second kappa shape index (κ2) is 5.44. The van der Waals surface area contributed by atoms with Crippen LogP contribution in [0.15, 0.2) is 12.3 Å². The van der Waals surface area contributed by atoms with Gasteiger partial charge in [-0.1, -0.05) is 32.4 Å². The van der Waals surface area contributed by atoms with E-state index in [1.54, 1.807) is 0 Å². The number of amides is 1. The van der Waals surface area contributed by atoms with E-state index >= 15 is 0 Å². The van der Waals surface area contributed by atoms with Crippen LogP contribution in [-0.4, -0.2) is 22.3 Å². The van der Waals surface area contributed by atoms with Crippen LogP contribution in [-0.2, 0) is 11.2 Å². The number of primary amides is 1. The zero-order chi connectivity index (χ0) is 13.9. The molecule has 6 heteroatoms. The molecule has 1 aromatic rings. The Labute approximate surface area is 111 Å². The van der Waals surface area contributed by atoms with E-state index in [0.717, 1.165) is 5.56 Å². The molecule has 0 unspecified atom stereocenters. The summed E-state index contributed by atoms with van der Waals surface area (Å²) in [6.07, 6.45) is 0.716. The van der Waals surface area contributed by atoms with Crippen LogP contribution in [0.1, 0.15) is 26.3 Å². The van der Waals surface area contributed by atoms with Gasteiger partial charge in [0.15, 0.2) is 10.9 Å². The molecule has 1 rings (SSSR count). The number of aromatic hydroxyl groups is 1. The number of aromatic nitrogens is 1. The summed E-state index contributed by atoms with van der Waals surface area (Å²) < 4.78 is 5.09. The Morgan fingerprint density at radius 3 is 2.67 bits per heavy atom. The fourth-order valence-electron chi connectivity index (χ4n) is 1.47. The minimum atomic E-state index is -0.818. The quantitative estimate of drug-likeness (QED) is 0.828. The number of halogens is 1. The summed E-state index contributed by atoms with van der Waals surface area (Å²) in [5, 5.41) is 9.51. The number of ether oxygens (including phenoxy) is 1. The van der Waals surface area contributed by atoms with Crippen molar-refractivity contribution in [3.63, 3.8) is 0 Å². The molecule has 0 saturated heterocycles. The molecule has 1 amide bonds. The maximum absolute atomic E-state index is 10.9. The molecule has 0 aliphatic carbocycles. The zero-order valence-electron chi connectivity index (χ0n) is 10.6. The van der Waals surface area contributed by atoms with Crippen LogP contribution >= 0.6 is 11.6 Å². The van der Waals surface area contributed by atoms with E-state index in [2.05, 4.69) is 4.98 Å². The minimum Gasteiger partial charge on any atom is -0.505 e. The minimum absolute atomic E-state index is 0.0434. The van der Waals surface area contributed by atoms with Gasteiger partial charge in [0.2, 0.25) is 0 Å². The van der Waals surface area contributed by atoms with E-state index in [4.69, 9.17) is 22.1 Å². The van der Waals surface area contributed by atoms with Crippen LogP contribution in [0.3, 0.4) is 0 Å². The lowest BCUT2D eigenvalue weighted by molar-refractivity contribution is 0.0373. The summed E-state index contributed by atoms with van der Waals surface area (Å²) in [7, 11) is 0. The number of pyridine rings is 1. The Hall–Kier alpha value is -1.49. The molecule has 0 radical (unpaired) electrons. The van der Waals surface area contributed by atoms with E-state index in [1.165, 1.54) is 12.3 Å². The van der Waals surface area contributed by atoms with Crippen molar-refractivity contribution in [2.75, 3.05) is 0 Å². The molecule has 18 heavy (non-hydrogen) atoms. The van der Waals surface area contributed by atoms with E-state index in [0.29, 0.717) is 6.42 Å². The van der Waals surface area contributed by atoms with Gasteiger partial charge in [-0.05, 0) is 17.0 Å². The number of carbonyl (C=O) groups is 1. The van der Waals surface area contributed by atoms with Crippen molar-refractivity contribution in [3.8, 4) is 5.75 Å². The van der Waals surface area contributed by atoms with Gasteiger partial charge in [0.25, 0.3) is 0 Å². The first-order valence-electron chi connectivity index (χ1n) is 5.49. The van der Waals surface area contributed by atoms with Gasteiger partial charge in [0, 0.05) is 12.6 Å². The first-order valence-corrected chi connectivity index (χ1v) is 5.87. The topological polar surface area (TPSA) is 85.4 Å². The first kappa shape index (κ1) is 14.6. The molecule has 0 spiro atoms. The molecule has 0 bridgehead atoms. The highest BCUT2D eigenvalue weighted by atomic mass is 35.5. The third kappa shape index (κ3) is 4.07. The second-order valence-electron chi connectivity index (χ2n) is 5.15. The van der Waals surface area contributed by atoms with Crippen molar-refractivity contribution >= 4 is 17.7 Å². The van der Waals surface area contributed by atoms with Crippen LogP contribution in [0, 0.1) is 5.41 Å². The highest BCUT2D eigenvalue weighted by Crippen LogP contribution is 2.27. The maximum atomic E-state index is 10.9. The molecule has 5 nitrogen and oxygen atoms in total. The van der Waals surface area contributed by atoms with Crippen molar-refractivity contribution in [3.05, 3.63) is 23.0 Å². The van der Waals surface area contributed by atoms with Crippen LogP contribution in [0.4, 0.5) is 4.79 Å². The van der Waals surface area contributed by atoms with Gasteiger partial charge < -0.3 is 15.6 Å². The number of carbonyl (C=O) groups excluding carboxylic acids is 1. The summed E-state index contributed by atoms with van der Waals surface area (Å²) in [5.74, 6) is -0.0964. The van der Waals surface area contributed by atoms with Gasteiger partial charge in [-0.25, -0.2) is 9.78 Å². The van der Waals surface area contributed by atoms with Gasteiger partial charge in [-0.3, -0.25) is 0 Å². The molecule has 1 aromatic heterocycles. The predicted molar refractivity (Wildman–Crippen MR) is 68.5 cm³/mol. The van der Waals surface area contributed by atoms with Crippen molar-refractivity contribution < 1.29 is 14.6 Å². The van der Waals surface area contributed by atoms with Crippen LogP contribution in [0.2, 0.25) is 5.15 Å². The van der Waals surface area contributed by atoms with Crippen LogP contribution in [0.25, 0.3) is 0 Å². The number of hydrogen-bond acceptors (Lipinski definition) is 4. The molecular weight excluding hydrogens is 256 g/mol. The summed E-state index contributed by atoms with van der Waals surface area (Å²) in [4.78, 5) is 14.7. The normalized spacial score (nSPS) is 13.1. The van der Waals surface area contributed by atoms with E-state index < -0.39 is 12.2 Å². The van der Waals surface area contributed by atoms with Crippen molar-refractivity contribution in [1.82, 2.24) is 4.98 Å². The van der Waals surface area contributed by atoms with Gasteiger partial charge in [0.05, 0.1) is 0 Å².